The van der Waals surface area contributed by atoms with Crippen LogP contribution in [0.1, 0.15) is 10.5 Å². The number of carbonyl (C=O) groups is 1. The van der Waals surface area contributed by atoms with Gasteiger partial charge in [0.25, 0.3) is 5.91 Å². The molecule has 0 atom stereocenters. The summed E-state index contributed by atoms with van der Waals surface area (Å²) in [5.41, 5.74) is 0.595. The van der Waals surface area contributed by atoms with Crippen LogP contribution in [0, 0.1) is 10.1 Å². The Morgan fingerprint density at radius 1 is 1.55 bits per heavy atom. The Morgan fingerprint density at radius 2 is 2.25 bits per heavy atom. The summed E-state index contributed by atoms with van der Waals surface area (Å²) in [5.74, 6) is -0.637. The van der Waals surface area contributed by atoms with Gasteiger partial charge in [0.2, 0.25) is 0 Å². The van der Waals surface area contributed by atoms with Crippen LogP contribution in [0.3, 0.4) is 0 Å². The molecule has 0 aliphatic heterocycles. The lowest BCUT2D eigenvalue weighted by Crippen LogP contribution is -2.16. The number of amides is 1. The Balaban J connectivity index is 2.24. The number of hydrogen-bond donors (Lipinski definition) is 1. The van der Waals surface area contributed by atoms with Crippen molar-refractivity contribution in [2.45, 2.75) is 0 Å². The average Bonchev–Trinajstić information content (AvgIpc) is 2.76. The number of anilines is 1. The molecule has 0 radical (unpaired) electrons. The molecule has 0 unspecified atom stereocenters. The monoisotopic (exact) mass is 358 g/mol. The highest BCUT2D eigenvalue weighted by Crippen LogP contribution is 2.23. The highest BCUT2D eigenvalue weighted by molar-refractivity contribution is 9.10. The van der Waals surface area contributed by atoms with Crippen molar-refractivity contribution in [3.8, 4) is 0 Å². The standard InChI is InChI=1S/C11H8BrClN4O3/c1-16-8(2-3-9(16)17(19)20)11(18)15-6-4-7(12)10(13)14-5-6/h2-5H,1H3,(H,15,18). The number of aromatic nitrogens is 2. The minimum Gasteiger partial charge on any atom is -0.358 e. The zero-order chi connectivity index (χ0) is 14.9. The van der Waals surface area contributed by atoms with E-state index in [1.165, 1.54) is 29.9 Å². The maximum atomic E-state index is 12.0. The summed E-state index contributed by atoms with van der Waals surface area (Å²) in [6.07, 6.45) is 1.39. The maximum Gasteiger partial charge on any atom is 0.323 e. The first kappa shape index (κ1) is 14.5. The molecule has 1 amide bonds. The molecule has 0 saturated carbocycles. The van der Waals surface area contributed by atoms with Crippen molar-refractivity contribution in [3.63, 3.8) is 0 Å². The molecule has 0 aliphatic carbocycles. The van der Waals surface area contributed by atoms with Crippen molar-refractivity contribution in [1.29, 1.82) is 0 Å². The molecule has 104 valence electrons. The summed E-state index contributed by atoms with van der Waals surface area (Å²) in [6, 6.07) is 4.24. The van der Waals surface area contributed by atoms with Crippen LogP contribution in [-0.2, 0) is 7.05 Å². The van der Waals surface area contributed by atoms with Gasteiger partial charge < -0.3 is 15.4 Å². The summed E-state index contributed by atoms with van der Waals surface area (Å²) in [7, 11) is 1.45. The minimum absolute atomic E-state index is 0.162. The van der Waals surface area contributed by atoms with Crippen molar-refractivity contribution in [3.05, 3.63) is 49.8 Å². The number of carbonyl (C=O) groups excluding carboxylic acids is 1. The van der Waals surface area contributed by atoms with E-state index in [0.29, 0.717) is 10.2 Å². The Hall–Kier alpha value is -1.93. The van der Waals surface area contributed by atoms with Gasteiger partial charge in [-0.15, -0.1) is 0 Å². The lowest BCUT2D eigenvalue weighted by molar-refractivity contribution is -0.391. The van der Waals surface area contributed by atoms with Gasteiger partial charge in [-0.05, 0) is 33.0 Å². The second-order valence-corrected chi connectivity index (χ2v) is 5.06. The normalized spacial score (nSPS) is 10.3. The Kier molecular flexibility index (Phi) is 4.05. The Bertz CT molecular complexity index is 701. The van der Waals surface area contributed by atoms with Crippen molar-refractivity contribution < 1.29 is 9.72 Å². The molecule has 20 heavy (non-hydrogen) atoms. The van der Waals surface area contributed by atoms with Crippen LogP contribution in [0.2, 0.25) is 5.15 Å². The lowest BCUT2D eigenvalue weighted by atomic mass is 10.3. The molecule has 9 heteroatoms. The van der Waals surface area contributed by atoms with E-state index in [4.69, 9.17) is 11.6 Å². The topological polar surface area (TPSA) is 90.1 Å². The van der Waals surface area contributed by atoms with E-state index in [9.17, 15) is 14.9 Å². The number of nitrogens with zero attached hydrogens (tertiary/aromatic N) is 3. The van der Waals surface area contributed by atoms with E-state index in [-0.39, 0.29) is 16.7 Å². The van der Waals surface area contributed by atoms with Crippen LogP contribution in [0.15, 0.2) is 28.9 Å². The van der Waals surface area contributed by atoms with Gasteiger partial charge in [-0.1, -0.05) is 11.6 Å². The number of pyridine rings is 1. The van der Waals surface area contributed by atoms with Crippen LogP contribution < -0.4 is 5.32 Å². The smallest absolute Gasteiger partial charge is 0.323 e. The van der Waals surface area contributed by atoms with Gasteiger partial charge in [0.1, 0.15) is 5.15 Å². The Morgan fingerprint density at radius 3 is 2.80 bits per heavy atom. The second-order valence-electron chi connectivity index (χ2n) is 3.84. The molecule has 0 fully saturated rings. The lowest BCUT2D eigenvalue weighted by Gasteiger charge is -2.05. The van der Waals surface area contributed by atoms with Gasteiger partial charge in [0.15, 0.2) is 5.69 Å². The molecule has 0 spiro atoms. The molecule has 0 saturated heterocycles. The van der Waals surface area contributed by atoms with Crippen molar-refractivity contribution >= 4 is 44.9 Å². The molecule has 2 rings (SSSR count). The summed E-state index contributed by atoms with van der Waals surface area (Å²) in [5, 5.41) is 13.6. The number of hydrogen-bond acceptors (Lipinski definition) is 4. The van der Waals surface area contributed by atoms with E-state index < -0.39 is 10.8 Å². The van der Waals surface area contributed by atoms with E-state index in [0.717, 1.165) is 0 Å². The van der Waals surface area contributed by atoms with Crippen molar-refractivity contribution in [1.82, 2.24) is 9.55 Å². The SMILES string of the molecule is Cn1c(C(=O)Nc2cnc(Cl)c(Br)c2)ccc1[N+](=O)[O-]. The summed E-state index contributed by atoms with van der Waals surface area (Å²) >= 11 is 8.94. The molecule has 0 bridgehead atoms. The third kappa shape index (κ3) is 2.81. The largest absolute Gasteiger partial charge is 0.358 e. The van der Waals surface area contributed by atoms with Gasteiger partial charge in [0, 0.05) is 6.07 Å². The first-order chi connectivity index (χ1) is 9.40. The summed E-state index contributed by atoms with van der Waals surface area (Å²) in [6.45, 7) is 0. The first-order valence-electron chi connectivity index (χ1n) is 5.32. The molecular weight excluding hydrogens is 352 g/mol. The first-order valence-corrected chi connectivity index (χ1v) is 6.49. The van der Waals surface area contributed by atoms with E-state index >= 15 is 0 Å². The fraction of sp³-hybridized carbons (Fsp3) is 0.0909. The third-order valence-corrected chi connectivity index (χ3v) is 3.70. The molecule has 0 aromatic carbocycles. The van der Waals surface area contributed by atoms with Gasteiger partial charge in [-0.2, -0.15) is 0 Å². The van der Waals surface area contributed by atoms with Gasteiger partial charge >= 0.3 is 5.82 Å². The molecule has 2 heterocycles. The number of halogens is 2. The van der Waals surface area contributed by atoms with E-state index in [2.05, 4.69) is 26.2 Å². The van der Waals surface area contributed by atoms with Crippen molar-refractivity contribution in [2.75, 3.05) is 5.32 Å². The third-order valence-electron chi connectivity index (χ3n) is 2.57. The van der Waals surface area contributed by atoms with Crippen molar-refractivity contribution in [2.24, 2.45) is 7.05 Å². The van der Waals surface area contributed by atoms with Crippen LogP contribution in [0.4, 0.5) is 11.5 Å². The molecule has 7 nitrogen and oxygen atoms in total. The summed E-state index contributed by atoms with van der Waals surface area (Å²) < 4.78 is 1.74. The molecule has 2 aromatic rings. The maximum absolute atomic E-state index is 12.0. The Labute approximate surface area is 126 Å². The fourth-order valence-electron chi connectivity index (χ4n) is 1.60. The predicted octanol–water partition coefficient (Wildman–Crippen LogP) is 3.00. The van der Waals surface area contributed by atoms with Crippen LogP contribution in [-0.4, -0.2) is 20.4 Å². The van der Waals surface area contributed by atoms with Crippen LogP contribution >= 0.6 is 27.5 Å². The molecule has 0 aliphatic rings. The molecular formula is C11H8BrClN4O3. The second kappa shape index (κ2) is 5.59. The number of nitrogens with one attached hydrogen (secondary N) is 1. The van der Waals surface area contributed by atoms with Crippen LogP contribution in [0.5, 0.6) is 0 Å². The van der Waals surface area contributed by atoms with Gasteiger partial charge in [0.05, 0.1) is 23.4 Å². The van der Waals surface area contributed by atoms with Gasteiger partial charge in [-0.3, -0.25) is 4.79 Å². The zero-order valence-electron chi connectivity index (χ0n) is 10.1. The highest BCUT2D eigenvalue weighted by atomic mass is 79.9. The average molecular weight is 360 g/mol. The number of rotatable bonds is 3. The molecule has 1 N–H and O–H groups in total. The summed E-state index contributed by atoms with van der Waals surface area (Å²) in [4.78, 5) is 26.1. The fourth-order valence-corrected chi connectivity index (χ4v) is 2.05. The quantitative estimate of drug-likeness (QED) is 0.518. The minimum atomic E-state index is -0.558. The zero-order valence-corrected chi connectivity index (χ0v) is 12.5. The predicted molar refractivity (Wildman–Crippen MR) is 77.0 cm³/mol. The molecule has 2 aromatic heterocycles. The number of nitro groups is 1. The van der Waals surface area contributed by atoms with Crippen LogP contribution in [0.25, 0.3) is 0 Å². The van der Waals surface area contributed by atoms with E-state index in [1.807, 2.05) is 0 Å². The highest BCUT2D eigenvalue weighted by Gasteiger charge is 2.20. The van der Waals surface area contributed by atoms with Gasteiger partial charge in [-0.25, -0.2) is 9.55 Å². The van der Waals surface area contributed by atoms with E-state index in [1.54, 1.807) is 6.07 Å².